The molecule has 38 heavy (non-hydrogen) atoms. The highest BCUT2D eigenvalue weighted by Gasteiger charge is 2.30. The highest BCUT2D eigenvalue weighted by atomic mass is 32.2. The van der Waals surface area contributed by atoms with Crippen molar-refractivity contribution in [2.75, 3.05) is 38.2 Å². The van der Waals surface area contributed by atoms with E-state index in [1.165, 1.54) is 38.0 Å². The quantitative estimate of drug-likeness (QED) is 0.355. The molecule has 3 aromatic rings. The van der Waals surface area contributed by atoms with Crippen LogP contribution in [0.5, 0.6) is 17.2 Å². The number of ether oxygens (including phenoxy) is 3. The van der Waals surface area contributed by atoms with Crippen molar-refractivity contribution >= 4 is 21.6 Å². The van der Waals surface area contributed by atoms with E-state index in [0.717, 1.165) is 9.87 Å². The number of nitrogens with one attached hydrogen (secondary N) is 1. The van der Waals surface area contributed by atoms with Crippen LogP contribution in [-0.2, 0) is 20.2 Å². The molecule has 1 amide bonds. The Balaban J connectivity index is 1.75. The maximum absolute atomic E-state index is 13.7. The van der Waals surface area contributed by atoms with Crippen LogP contribution in [0.4, 0.5) is 5.69 Å². The van der Waals surface area contributed by atoms with Crippen LogP contribution >= 0.6 is 0 Å². The van der Waals surface area contributed by atoms with Gasteiger partial charge in [-0.15, -0.1) is 0 Å². The molecule has 0 aliphatic heterocycles. The average Bonchev–Trinajstić information content (AvgIpc) is 2.89. The van der Waals surface area contributed by atoms with E-state index in [2.05, 4.69) is 26.1 Å². The Kier molecular flexibility index (Phi) is 9.27. The Morgan fingerprint density at radius 2 is 1.53 bits per heavy atom. The van der Waals surface area contributed by atoms with Crippen LogP contribution in [0, 0.1) is 6.92 Å². The minimum absolute atomic E-state index is 0.0444. The maximum Gasteiger partial charge on any atom is 0.264 e. The van der Waals surface area contributed by atoms with Gasteiger partial charge in [-0.2, -0.15) is 0 Å². The first-order valence-electron chi connectivity index (χ1n) is 12.3. The lowest BCUT2D eigenvalue weighted by atomic mass is 9.87. The van der Waals surface area contributed by atoms with Crippen molar-refractivity contribution in [1.82, 2.24) is 5.32 Å². The predicted molar refractivity (Wildman–Crippen MR) is 149 cm³/mol. The Hall–Kier alpha value is -3.72. The van der Waals surface area contributed by atoms with E-state index in [1.807, 2.05) is 31.2 Å². The first kappa shape index (κ1) is 28.8. The molecule has 0 saturated heterocycles. The van der Waals surface area contributed by atoms with Crippen LogP contribution in [-0.4, -0.2) is 48.2 Å². The molecule has 0 atom stereocenters. The van der Waals surface area contributed by atoms with Crippen LogP contribution in [0.15, 0.2) is 71.6 Å². The van der Waals surface area contributed by atoms with Gasteiger partial charge in [0.2, 0.25) is 5.91 Å². The second-order valence-corrected chi connectivity index (χ2v) is 11.7. The molecule has 0 unspecified atom stereocenters. The van der Waals surface area contributed by atoms with E-state index >= 15 is 0 Å². The van der Waals surface area contributed by atoms with Crippen molar-refractivity contribution < 1.29 is 27.4 Å². The molecular formula is C29H36N2O6S. The normalized spacial score (nSPS) is 11.5. The number of methoxy groups -OCH3 is 2. The van der Waals surface area contributed by atoms with Crippen LogP contribution in [0.2, 0.25) is 0 Å². The van der Waals surface area contributed by atoms with E-state index < -0.39 is 22.5 Å². The van der Waals surface area contributed by atoms with E-state index in [9.17, 15) is 13.2 Å². The van der Waals surface area contributed by atoms with Crippen molar-refractivity contribution in [2.24, 2.45) is 0 Å². The van der Waals surface area contributed by atoms with Gasteiger partial charge in [0, 0.05) is 6.07 Å². The number of hydrogen-bond donors (Lipinski definition) is 1. The summed E-state index contributed by atoms with van der Waals surface area (Å²) in [6.45, 7) is 8.26. The fourth-order valence-electron chi connectivity index (χ4n) is 3.73. The number of hydrogen-bond acceptors (Lipinski definition) is 6. The van der Waals surface area contributed by atoms with Gasteiger partial charge in [0.15, 0.2) is 0 Å². The molecule has 3 aromatic carbocycles. The molecule has 0 saturated carbocycles. The summed E-state index contributed by atoms with van der Waals surface area (Å²) in [5.74, 6) is 0.918. The summed E-state index contributed by atoms with van der Waals surface area (Å²) in [7, 11) is -1.19. The lowest BCUT2D eigenvalue weighted by molar-refractivity contribution is -0.119. The monoisotopic (exact) mass is 540 g/mol. The molecule has 8 nitrogen and oxygen atoms in total. The minimum atomic E-state index is -4.11. The smallest absolute Gasteiger partial charge is 0.264 e. The standard InChI is InChI=1S/C29H36N2O6S/c1-21-7-14-25(15-8-21)38(33,34)31(26-19-24(35-5)13-16-27(26)36-6)20-28(32)30-17-18-37-23-11-9-22(10-12-23)29(2,3)4/h7-16,19H,17-18,20H2,1-6H3,(H,30,32). The summed E-state index contributed by atoms with van der Waals surface area (Å²) in [5, 5.41) is 2.75. The Morgan fingerprint density at radius 1 is 0.895 bits per heavy atom. The Bertz CT molecular complexity index is 1330. The maximum atomic E-state index is 13.7. The van der Waals surface area contributed by atoms with Crippen molar-refractivity contribution in [1.29, 1.82) is 0 Å². The summed E-state index contributed by atoms with van der Waals surface area (Å²) in [5.41, 5.74) is 2.35. The van der Waals surface area contributed by atoms with Crippen LogP contribution in [0.25, 0.3) is 0 Å². The summed E-state index contributed by atoms with van der Waals surface area (Å²) in [4.78, 5) is 13.0. The van der Waals surface area contributed by atoms with E-state index in [-0.39, 0.29) is 34.9 Å². The average molecular weight is 541 g/mol. The number of carbonyl (C=O) groups is 1. The highest BCUT2D eigenvalue weighted by molar-refractivity contribution is 7.92. The Morgan fingerprint density at radius 3 is 2.11 bits per heavy atom. The number of rotatable bonds is 11. The van der Waals surface area contributed by atoms with Gasteiger partial charge >= 0.3 is 0 Å². The van der Waals surface area contributed by atoms with Gasteiger partial charge in [-0.05, 0) is 54.3 Å². The van der Waals surface area contributed by atoms with Gasteiger partial charge in [0.05, 0.1) is 31.3 Å². The number of aryl methyl sites for hydroxylation is 1. The van der Waals surface area contributed by atoms with Crippen molar-refractivity contribution in [3.8, 4) is 17.2 Å². The third-order valence-corrected chi connectivity index (χ3v) is 7.74. The third-order valence-electron chi connectivity index (χ3n) is 5.96. The number of benzene rings is 3. The van der Waals surface area contributed by atoms with Gasteiger partial charge in [0.1, 0.15) is 30.4 Å². The fraction of sp³-hybridized carbons (Fsp3) is 0.345. The molecule has 9 heteroatoms. The van der Waals surface area contributed by atoms with Crippen molar-refractivity contribution in [3.63, 3.8) is 0 Å². The molecule has 0 fully saturated rings. The molecule has 0 spiro atoms. The summed E-state index contributed by atoms with van der Waals surface area (Å²) in [6.07, 6.45) is 0. The first-order valence-corrected chi connectivity index (χ1v) is 13.7. The molecule has 0 aliphatic rings. The van der Waals surface area contributed by atoms with Crippen LogP contribution in [0.1, 0.15) is 31.9 Å². The molecule has 0 radical (unpaired) electrons. The number of sulfonamides is 1. The molecular weight excluding hydrogens is 504 g/mol. The fourth-order valence-corrected chi connectivity index (χ4v) is 5.15. The van der Waals surface area contributed by atoms with Crippen LogP contribution < -0.4 is 23.8 Å². The lowest BCUT2D eigenvalue weighted by Gasteiger charge is -2.26. The van der Waals surface area contributed by atoms with Crippen LogP contribution in [0.3, 0.4) is 0 Å². The predicted octanol–water partition coefficient (Wildman–Crippen LogP) is 4.70. The molecule has 1 N–H and O–H groups in total. The third kappa shape index (κ3) is 7.19. The highest BCUT2D eigenvalue weighted by Crippen LogP contribution is 2.35. The van der Waals surface area contributed by atoms with Crippen molar-refractivity contribution in [3.05, 3.63) is 77.9 Å². The molecule has 0 bridgehead atoms. The molecule has 3 rings (SSSR count). The number of nitrogens with zero attached hydrogens (tertiary/aromatic N) is 1. The van der Waals surface area contributed by atoms with E-state index in [1.54, 1.807) is 24.3 Å². The number of carbonyl (C=O) groups excluding carboxylic acids is 1. The first-order chi connectivity index (χ1) is 18.0. The van der Waals surface area contributed by atoms with Gasteiger partial charge in [0.25, 0.3) is 10.0 Å². The largest absolute Gasteiger partial charge is 0.497 e. The SMILES string of the molecule is COc1ccc(OC)c(N(CC(=O)NCCOc2ccc(C(C)(C)C)cc2)S(=O)(=O)c2ccc(C)cc2)c1. The Labute approximate surface area is 225 Å². The van der Waals surface area contributed by atoms with E-state index in [4.69, 9.17) is 14.2 Å². The second-order valence-electron chi connectivity index (χ2n) is 9.84. The molecule has 0 aromatic heterocycles. The lowest BCUT2D eigenvalue weighted by Crippen LogP contribution is -2.42. The minimum Gasteiger partial charge on any atom is -0.497 e. The number of amides is 1. The molecule has 204 valence electrons. The summed E-state index contributed by atoms with van der Waals surface area (Å²) in [6, 6.07) is 19.1. The van der Waals surface area contributed by atoms with Gasteiger partial charge in [-0.25, -0.2) is 8.42 Å². The second kappa shape index (κ2) is 12.2. The molecule has 0 heterocycles. The van der Waals surface area contributed by atoms with E-state index in [0.29, 0.717) is 11.5 Å². The zero-order valence-corrected chi connectivity index (χ0v) is 23.6. The molecule has 0 aliphatic carbocycles. The zero-order chi connectivity index (χ0) is 27.9. The topological polar surface area (TPSA) is 94.2 Å². The van der Waals surface area contributed by atoms with Crippen molar-refractivity contribution in [2.45, 2.75) is 38.0 Å². The zero-order valence-electron chi connectivity index (χ0n) is 22.8. The van der Waals surface area contributed by atoms with Gasteiger partial charge < -0.3 is 19.5 Å². The number of anilines is 1. The van der Waals surface area contributed by atoms with Gasteiger partial charge in [-0.3, -0.25) is 9.10 Å². The summed E-state index contributed by atoms with van der Waals surface area (Å²) < 4.78 is 44.9. The summed E-state index contributed by atoms with van der Waals surface area (Å²) >= 11 is 0. The van der Waals surface area contributed by atoms with Gasteiger partial charge in [-0.1, -0.05) is 50.6 Å².